The van der Waals surface area contributed by atoms with E-state index >= 15 is 0 Å². The predicted molar refractivity (Wildman–Crippen MR) is 66.9 cm³/mol. The van der Waals surface area contributed by atoms with Crippen molar-refractivity contribution in [2.45, 2.75) is 19.9 Å². The van der Waals surface area contributed by atoms with Crippen LogP contribution in [-0.2, 0) is 6.54 Å². The molecule has 0 spiro atoms. The van der Waals surface area contributed by atoms with Crippen LogP contribution in [0.3, 0.4) is 0 Å². The van der Waals surface area contributed by atoms with Crippen molar-refractivity contribution in [1.82, 2.24) is 19.5 Å². The Morgan fingerprint density at radius 3 is 2.94 bits per heavy atom. The second kappa shape index (κ2) is 5.43. The van der Waals surface area contributed by atoms with Crippen LogP contribution in [-0.4, -0.2) is 33.1 Å². The minimum absolute atomic E-state index is 0.788. The lowest BCUT2D eigenvalue weighted by Gasteiger charge is -2.16. The molecule has 0 saturated carbocycles. The normalized spacial score (nSPS) is 10.5. The Hall–Kier alpha value is -1.91. The number of hydrogen-bond acceptors (Lipinski definition) is 4. The Balaban J connectivity index is 1.83. The molecule has 0 atom stereocenters. The monoisotopic (exact) mass is 231 g/mol. The van der Waals surface area contributed by atoms with Gasteiger partial charge in [0, 0.05) is 44.4 Å². The summed E-state index contributed by atoms with van der Waals surface area (Å²) in [6.07, 6.45) is 8.45. The van der Waals surface area contributed by atoms with Crippen LogP contribution in [0.5, 0.6) is 0 Å². The molecule has 90 valence electrons. The van der Waals surface area contributed by atoms with E-state index in [-0.39, 0.29) is 0 Å². The van der Waals surface area contributed by atoms with Gasteiger partial charge in [0.25, 0.3) is 0 Å². The number of aryl methyl sites for hydroxylation is 2. The van der Waals surface area contributed by atoms with E-state index in [9.17, 15) is 0 Å². The summed E-state index contributed by atoms with van der Waals surface area (Å²) < 4.78 is 2.07. The summed E-state index contributed by atoms with van der Waals surface area (Å²) in [7, 11) is 2.02. The molecule has 2 aromatic heterocycles. The van der Waals surface area contributed by atoms with Crippen molar-refractivity contribution in [2.75, 3.05) is 18.5 Å². The highest BCUT2D eigenvalue weighted by Gasteiger charge is 2.03. The van der Waals surface area contributed by atoms with Gasteiger partial charge in [-0.25, -0.2) is 15.0 Å². The highest BCUT2D eigenvalue weighted by molar-refractivity contribution is 5.28. The molecule has 0 aliphatic carbocycles. The van der Waals surface area contributed by atoms with E-state index in [1.165, 1.54) is 0 Å². The van der Waals surface area contributed by atoms with E-state index in [4.69, 9.17) is 0 Å². The molecule has 0 saturated heterocycles. The molecule has 0 aromatic carbocycles. The predicted octanol–water partition coefficient (Wildman–Crippen LogP) is 1.51. The van der Waals surface area contributed by atoms with Crippen molar-refractivity contribution in [1.29, 1.82) is 0 Å². The molecule has 5 nitrogen and oxygen atoms in total. The fraction of sp³-hybridized carbons (Fsp3) is 0.417. The van der Waals surface area contributed by atoms with E-state index in [1.54, 1.807) is 12.4 Å². The van der Waals surface area contributed by atoms with Crippen molar-refractivity contribution < 1.29 is 0 Å². The quantitative estimate of drug-likeness (QED) is 0.782. The van der Waals surface area contributed by atoms with E-state index in [0.717, 1.165) is 31.2 Å². The summed E-state index contributed by atoms with van der Waals surface area (Å²) in [5.74, 6) is 0.788. The summed E-state index contributed by atoms with van der Waals surface area (Å²) in [6.45, 7) is 3.88. The molecule has 0 N–H and O–H groups in total. The van der Waals surface area contributed by atoms with Crippen LogP contribution < -0.4 is 4.90 Å². The van der Waals surface area contributed by atoms with Crippen molar-refractivity contribution in [3.8, 4) is 0 Å². The molecule has 2 heterocycles. The molecule has 0 amide bonds. The molecule has 0 aliphatic heterocycles. The van der Waals surface area contributed by atoms with E-state index in [0.29, 0.717) is 0 Å². The van der Waals surface area contributed by atoms with Crippen LogP contribution in [0.15, 0.2) is 31.0 Å². The highest BCUT2D eigenvalue weighted by Crippen LogP contribution is 2.05. The molecule has 0 bridgehead atoms. The number of nitrogens with zero attached hydrogens (tertiary/aromatic N) is 5. The summed E-state index contributed by atoms with van der Waals surface area (Å²) >= 11 is 0. The number of aromatic nitrogens is 4. The first kappa shape index (κ1) is 11.6. The maximum absolute atomic E-state index is 4.38. The molecule has 2 rings (SSSR count). The first-order valence-electron chi connectivity index (χ1n) is 5.72. The molecular weight excluding hydrogens is 214 g/mol. The Morgan fingerprint density at radius 2 is 2.24 bits per heavy atom. The zero-order valence-electron chi connectivity index (χ0n) is 10.2. The molecular formula is C12H17N5. The molecule has 2 aromatic rings. The third-order valence-corrected chi connectivity index (χ3v) is 2.59. The standard InChI is InChI=1S/C12H17N5/c1-11-4-5-14-12(15-11)16(2)7-3-8-17-9-6-13-10-17/h4-6,9-10H,3,7-8H2,1-2H3. The molecule has 0 fully saturated rings. The van der Waals surface area contributed by atoms with Gasteiger partial charge in [0.1, 0.15) is 0 Å². The van der Waals surface area contributed by atoms with Gasteiger partial charge in [0.05, 0.1) is 6.33 Å². The summed E-state index contributed by atoms with van der Waals surface area (Å²) in [5, 5.41) is 0. The third-order valence-electron chi connectivity index (χ3n) is 2.59. The zero-order valence-corrected chi connectivity index (χ0v) is 10.2. The smallest absolute Gasteiger partial charge is 0.225 e. The maximum atomic E-state index is 4.38. The van der Waals surface area contributed by atoms with E-state index in [2.05, 4.69) is 24.4 Å². The van der Waals surface area contributed by atoms with Crippen LogP contribution in [0, 0.1) is 6.92 Å². The van der Waals surface area contributed by atoms with Crippen molar-refractivity contribution in [3.05, 3.63) is 36.7 Å². The lowest BCUT2D eigenvalue weighted by molar-refractivity contribution is 0.633. The molecule has 5 heteroatoms. The largest absolute Gasteiger partial charge is 0.344 e. The van der Waals surface area contributed by atoms with Crippen LogP contribution >= 0.6 is 0 Å². The van der Waals surface area contributed by atoms with E-state index in [1.807, 2.05) is 32.6 Å². The average Bonchev–Trinajstić information content (AvgIpc) is 2.82. The van der Waals surface area contributed by atoms with Gasteiger partial charge in [0.15, 0.2) is 0 Å². The van der Waals surface area contributed by atoms with Gasteiger partial charge in [-0.1, -0.05) is 0 Å². The van der Waals surface area contributed by atoms with Crippen LogP contribution in [0.25, 0.3) is 0 Å². The minimum Gasteiger partial charge on any atom is -0.344 e. The average molecular weight is 231 g/mol. The second-order valence-corrected chi connectivity index (χ2v) is 4.07. The lowest BCUT2D eigenvalue weighted by Crippen LogP contribution is -2.22. The first-order valence-corrected chi connectivity index (χ1v) is 5.72. The zero-order chi connectivity index (χ0) is 12.1. The number of anilines is 1. The molecule has 0 radical (unpaired) electrons. The fourth-order valence-electron chi connectivity index (χ4n) is 1.63. The summed E-state index contributed by atoms with van der Waals surface area (Å²) in [6, 6.07) is 1.91. The van der Waals surface area contributed by atoms with Crippen molar-refractivity contribution in [3.63, 3.8) is 0 Å². The van der Waals surface area contributed by atoms with Gasteiger partial charge in [-0.2, -0.15) is 0 Å². The summed E-state index contributed by atoms with van der Waals surface area (Å²) in [5.41, 5.74) is 0.997. The first-order chi connectivity index (χ1) is 8.25. The van der Waals surface area contributed by atoms with Gasteiger partial charge >= 0.3 is 0 Å². The third kappa shape index (κ3) is 3.27. The Kier molecular flexibility index (Phi) is 3.69. The SMILES string of the molecule is Cc1ccnc(N(C)CCCn2ccnc2)n1. The number of hydrogen-bond donors (Lipinski definition) is 0. The Labute approximate surface area is 101 Å². The molecule has 0 unspecified atom stereocenters. The molecule has 0 aliphatic rings. The van der Waals surface area contributed by atoms with E-state index < -0.39 is 0 Å². The highest BCUT2D eigenvalue weighted by atomic mass is 15.2. The van der Waals surface area contributed by atoms with Gasteiger partial charge in [-0.3, -0.25) is 0 Å². The van der Waals surface area contributed by atoms with Gasteiger partial charge in [-0.05, 0) is 19.4 Å². The fourth-order valence-corrected chi connectivity index (χ4v) is 1.63. The Bertz CT molecular complexity index is 452. The minimum atomic E-state index is 0.788. The number of rotatable bonds is 5. The van der Waals surface area contributed by atoms with Crippen molar-refractivity contribution in [2.24, 2.45) is 0 Å². The van der Waals surface area contributed by atoms with Gasteiger partial charge in [0.2, 0.25) is 5.95 Å². The van der Waals surface area contributed by atoms with Gasteiger partial charge in [-0.15, -0.1) is 0 Å². The van der Waals surface area contributed by atoms with Gasteiger partial charge < -0.3 is 9.47 Å². The molecule has 17 heavy (non-hydrogen) atoms. The van der Waals surface area contributed by atoms with Crippen molar-refractivity contribution >= 4 is 5.95 Å². The number of imidazole rings is 1. The second-order valence-electron chi connectivity index (χ2n) is 4.07. The van der Waals surface area contributed by atoms with Crippen LogP contribution in [0.1, 0.15) is 12.1 Å². The van der Waals surface area contributed by atoms with Crippen LogP contribution in [0.2, 0.25) is 0 Å². The summed E-state index contributed by atoms with van der Waals surface area (Å²) in [4.78, 5) is 14.7. The topological polar surface area (TPSA) is 46.8 Å². The maximum Gasteiger partial charge on any atom is 0.225 e. The van der Waals surface area contributed by atoms with Crippen LogP contribution in [0.4, 0.5) is 5.95 Å². The lowest BCUT2D eigenvalue weighted by atomic mass is 10.4. The Morgan fingerprint density at radius 1 is 1.35 bits per heavy atom.